The number of carbonyl (C=O) groups excluding carboxylic acids is 1. The van der Waals surface area contributed by atoms with E-state index in [0.717, 1.165) is 18.4 Å². The molecule has 0 radical (unpaired) electrons. The molecular weight excluding hydrogens is 258 g/mol. The quantitative estimate of drug-likeness (QED) is 0.451. The van der Waals surface area contributed by atoms with E-state index in [1.54, 1.807) is 19.1 Å². The monoisotopic (exact) mass is 277 g/mol. The smallest absolute Gasteiger partial charge is 0.272 e. The molecule has 1 aromatic carbocycles. The minimum atomic E-state index is -0.373. The topological polar surface area (TPSA) is 84.3 Å². The third-order valence-corrected chi connectivity index (χ3v) is 3.27. The Balaban J connectivity index is 1.74. The fourth-order valence-electron chi connectivity index (χ4n) is 1.92. The fraction of sp³-hybridized carbons (Fsp3) is 0.500. The zero-order valence-corrected chi connectivity index (χ0v) is 11.5. The maximum absolute atomic E-state index is 11.5. The van der Waals surface area contributed by atoms with Crippen LogP contribution in [0.3, 0.4) is 0 Å². The summed E-state index contributed by atoms with van der Waals surface area (Å²) in [7, 11) is 0. The zero-order valence-electron chi connectivity index (χ0n) is 11.5. The first-order chi connectivity index (χ1) is 9.56. The predicted octanol–water partition coefficient (Wildman–Crippen LogP) is 1.66. The lowest BCUT2D eigenvalue weighted by atomic mass is 10.1. The molecule has 108 valence electrons. The highest BCUT2D eigenvalue weighted by Crippen LogP contribution is 2.19. The number of nitro groups is 1. The van der Waals surface area contributed by atoms with Crippen molar-refractivity contribution < 1.29 is 9.72 Å². The summed E-state index contributed by atoms with van der Waals surface area (Å²) in [6, 6.07) is 5.57. The Morgan fingerprint density at radius 1 is 1.45 bits per heavy atom. The molecular formula is C14H19N3O3. The summed E-state index contributed by atoms with van der Waals surface area (Å²) in [5.74, 6) is 0.0647. The molecule has 1 aromatic rings. The second kappa shape index (κ2) is 6.47. The molecule has 0 atom stereocenters. The van der Waals surface area contributed by atoms with Gasteiger partial charge in [0.25, 0.3) is 5.69 Å². The van der Waals surface area contributed by atoms with Crippen LogP contribution in [0, 0.1) is 17.0 Å². The van der Waals surface area contributed by atoms with Crippen molar-refractivity contribution in [3.05, 3.63) is 39.4 Å². The summed E-state index contributed by atoms with van der Waals surface area (Å²) in [6.45, 7) is 2.82. The van der Waals surface area contributed by atoms with Crippen molar-refractivity contribution in [1.82, 2.24) is 10.6 Å². The number of hydrogen-bond donors (Lipinski definition) is 2. The van der Waals surface area contributed by atoms with Crippen molar-refractivity contribution in [2.24, 2.45) is 0 Å². The molecule has 1 aliphatic rings. The maximum atomic E-state index is 11.5. The number of aryl methyl sites for hydroxylation is 1. The average Bonchev–Trinajstić information content (AvgIpc) is 3.20. The lowest BCUT2D eigenvalue weighted by molar-refractivity contribution is -0.385. The molecule has 2 rings (SSSR count). The Labute approximate surface area is 117 Å². The first kappa shape index (κ1) is 14.5. The summed E-state index contributed by atoms with van der Waals surface area (Å²) in [6.07, 6.45) is 2.61. The second-order valence-electron chi connectivity index (χ2n) is 5.15. The van der Waals surface area contributed by atoms with Crippen LogP contribution in [0.4, 0.5) is 5.69 Å². The van der Waals surface area contributed by atoms with E-state index in [1.165, 1.54) is 0 Å². The lowest BCUT2D eigenvalue weighted by Crippen LogP contribution is -2.29. The summed E-state index contributed by atoms with van der Waals surface area (Å²) in [4.78, 5) is 21.9. The van der Waals surface area contributed by atoms with Crippen molar-refractivity contribution in [1.29, 1.82) is 0 Å². The molecule has 0 bridgehead atoms. The van der Waals surface area contributed by atoms with Gasteiger partial charge in [0.2, 0.25) is 5.91 Å². The largest absolute Gasteiger partial charge is 0.353 e. The number of rotatable bonds is 7. The molecule has 0 unspecified atom stereocenters. The van der Waals surface area contributed by atoms with Gasteiger partial charge in [-0.1, -0.05) is 12.1 Å². The van der Waals surface area contributed by atoms with Gasteiger partial charge in [-0.3, -0.25) is 14.9 Å². The highest BCUT2D eigenvalue weighted by atomic mass is 16.6. The molecule has 6 heteroatoms. The van der Waals surface area contributed by atoms with Gasteiger partial charge in [0, 0.05) is 37.2 Å². The summed E-state index contributed by atoms with van der Waals surface area (Å²) in [5.41, 5.74) is 1.64. The van der Waals surface area contributed by atoms with Crippen molar-refractivity contribution in [2.75, 3.05) is 6.54 Å². The van der Waals surface area contributed by atoms with Gasteiger partial charge in [-0.15, -0.1) is 0 Å². The molecule has 2 N–H and O–H groups in total. The van der Waals surface area contributed by atoms with Crippen molar-refractivity contribution in [3.8, 4) is 0 Å². The van der Waals surface area contributed by atoms with Gasteiger partial charge in [-0.25, -0.2) is 0 Å². The highest BCUT2D eigenvalue weighted by molar-refractivity contribution is 5.76. The van der Waals surface area contributed by atoms with Crippen molar-refractivity contribution in [3.63, 3.8) is 0 Å². The van der Waals surface area contributed by atoms with Gasteiger partial charge in [-0.05, 0) is 25.3 Å². The van der Waals surface area contributed by atoms with Gasteiger partial charge in [0.05, 0.1) is 4.92 Å². The highest BCUT2D eigenvalue weighted by Gasteiger charge is 2.22. The maximum Gasteiger partial charge on any atom is 0.272 e. The zero-order chi connectivity index (χ0) is 14.5. The molecule has 1 saturated carbocycles. The molecule has 0 spiro atoms. The first-order valence-corrected chi connectivity index (χ1v) is 6.80. The van der Waals surface area contributed by atoms with Crippen LogP contribution in [0.2, 0.25) is 0 Å². The Hall–Kier alpha value is -1.95. The Bertz CT molecular complexity index is 512. The fourth-order valence-corrected chi connectivity index (χ4v) is 1.92. The van der Waals surface area contributed by atoms with E-state index in [0.29, 0.717) is 31.1 Å². The summed E-state index contributed by atoms with van der Waals surface area (Å²) in [5, 5.41) is 16.9. The Morgan fingerprint density at radius 2 is 2.20 bits per heavy atom. The number of nitro benzene ring substituents is 1. The molecule has 0 aliphatic heterocycles. The van der Waals surface area contributed by atoms with Gasteiger partial charge < -0.3 is 10.6 Å². The van der Waals surface area contributed by atoms with Crippen LogP contribution in [0.25, 0.3) is 0 Å². The van der Waals surface area contributed by atoms with Crippen LogP contribution in [0.5, 0.6) is 0 Å². The normalized spacial score (nSPS) is 14.1. The van der Waals surface area contributed by atoms with E-state index in [1.807, 2.05) is 6.07 Å². The number of benzene rings is 1. The molecule has 20 heavy (non-hydrogen) atoms. The Morgan fingerprint density at radius 3 is 2.85 bits per heavy atom. The van der Waals surface area contributed by atoms with Gasteiger partial charge in [0.1, 0.15) is 0 Å². The SMILES string of the molecule is Cc1ccc(CNCCC(=O)NC2CC2)cc1[N+](=O)[O-]. The van der Waals surface area contributed by atoms with E-state index in [4.69, 9.17) is 0 Å². The van der Waals surface area contributed by atoms with Crippen LogP contribution in [-0.2, 0) is 11.3 Å². The van der Waals surface area contributed by atoms with Crippen LogP contribution in [0.1, 0.15) is 30.4 Å². The van der Waals surface area contributed by atoms with Crippen LogP contribution in [-0.4, -0.2) is 23.4 Å². The molecule has 1 aliphatic carbocycles. The third kappa shape index (κ3) is 4.31. The van der Waals surface area contributed by atoms with Crippen LogP contribution >= 0.6 is 0 Å². The van der Waals surface area contributed by atoms with Crippen LogP contribution < -0.4 is 10.6 Å². The van der Waals surface area contributed by atoms with E-state index >= 15 is 0 Å². The summed E-state index contributed by atoms with van der Waals surface area (Å²) < 4.78 is 0. The van der Waals surface area contributed by atoms with Crippen molar-refractivity contribution in [2.45, 2.75) is 38.8 Å². The van der Waals surface area contributed by atoms with E-state index in [2.05, 4.69) is 10.6 Å². The van der Waals surface area contributed by atoms with Crippen LogP contribution in [0.15, 0.2) is 18.2 Å². The minimum Gasteiger partial charge on any atom is -0.353 e. The molecule has 0 saturated heterocycles. The standard InChI is InChI=1S/C14H19N3O3/c1-10-2-3-11(8-13(10)17(19)20)9-15-7-6-14(18)16-12-4-5-12/h2-3,8,12,15H,4-7,9H2,1H3,(H,16,18). The predicted molar refractivity (Wildman–Crippen MR) is 75.3 cm³/mol. The number of nitrogens with one attached hydrogen (secondary N) is 2. The first-order valence-electron chi connectivity index (χ1n) is 6.80. The van der Waals surface area contributed by atoms with E-state index < -0.39 is 0 Å². The number of nitrogens with zero attached hydrogens (tertiary/aromatic N) is 1. The average molecular weight is 277 g/mol. The molecule has 6 nitrogen and oxygen atoms in total. The molecule has 1 fully saturated rings. The number of hydrogen-bond acceptors (Lipinski definition) is 4. The van der Waals surface area contributed by atoms with Gasteiger partial charge in [-0.2, -0.15) is 0 Å². The third-order valence-electron chi connectivity index (χ3n) is 3.27. The number of amides is 1. The van der Waals surface area contributed by atoms with E-state index in [9.17, 15) is 14.9 Å². The molecule has 1 amide bonds. The lowest BCUT2D eigenvalue weighted by Gasteiger charge is -2.06. The van der Waals surface area contributed by atoms with Gasteiger partial charge in [0.15, 0.2) is 0 Å². The summed E-state index contributed by atoms with van der Waals surface area (Å²) >= 11 is 0. The van der Waals surface area contributed by atoms with E-state index in [-0.39, 0.29) is 16.5 Å². The minimum absolute atomic E-state index is 0.0647. The number of carbonyl (C=O) groups is 1. The second-order valence-corrected chi connectivity index (χ2v) is 5.15. The molecule has 0 aromatic heterocycles. The van der Waals surface area contributed by atoms with Crippen molar-refractivity contribution >= 4 is 11.6 Å². The molecule has 0 heterocycles. The van der Waals surface area contributed by atoms with Gasteiger partial charge >= 0.3 is 0 Å². The Kier molecular flexibility index (Phi) is 4.68.